The van der Waals surface area contributed by atoms with Crippen LogP contribution in [0.4, 0.5) is 11.4 Å². The lowest BCUT2D eigenvalue weighted by molar-refractivity contribution is -0.143. The quantitative estimate of drug-likeness (QED) is 0.229. The first kappa shape index (κ1) is 26.0. The van der Waals surface area contributed by atoms with Crippen molar-refractivity contribution < 1.29 is 23.4 Å². The maximum atomic E-state index is 12.4. The predicted molar refractivity (Wildman–Crippen MR) is 144 cm³/mol. The summed E-state index contributed by atoms with van der Waals surface area (Å²) in [7, 11) is 0. The molecule has 2 atom stereocenters. The summed E-state index contributed by atoms with van der Waals surface area (Å²) in [6.07, 6.45) is 0.441. The zero-order valence-corrected chi connectivity index (χ0v) is 21.5. The fourth-order valence-electron chi connectivity index (χ4n) is 4.37. The third-order valence-electron chi connectivity index (χ3n) is 6.16. The van der Waals surface area contributed by atoms with E-state index in [0.717, 1.165) is 15.2 Å². The highest BCUT2D eigenvalue weighted by atomic mass is 32.2. The summed E-state index contributed by atoms with van der Waals surface area (Å²) >= 11 is -2.66. The zero-order chi connectivity index (χ0) is 27.5. The Balaban J connectivity index is 1.61. The Bertz CT molecular complexity index is 1750. The average Bonchev–Trinajstić information content (AvgIpc) is 3.30. The molecule has 0 bridgehead atoms. The number of hydrogen-bond acceptors (Lipinski definition) is 8. The standard InChI is InChI=1S/C28H23N5O5S/c1-2-38-26(34)17-32-25-12-10-22(33(39(36)37)21-9-11-23-20(14-21)4-3-13-30-23)15-24(25)31-28(32)27(35)19-7-5-18(16-29)6-8-19/h3-15,27,35H,2,17H2,1H3,(H,36,37)/p-1. The molecular formula is C28H22N5O5S-. The molecular weight excluding hydrogens is 518 g/mol. The van der Waals surface area contributed by atoms with Crippen molar-refractivity contribution in [1.82, 2.24) is 14.5 Å². The third kappa shape index (κ3) is 5.21. The van der Waals surface area contributed by atoms with Crippen LogP contribution in [0.5, 0.6) is 0 Å². The number of nitrogens with zero attached hydrogens (tertiary/aromatic N) is 5. The maximum Gasteiger partial charge on any atom is 0.326 e. The number of aliphatic hydroxyl groups is 1. The van der Waals surface area contributed by atoms with Gasteiger partial charge in [-0.25, -0.2) is 4.98 Å². The number of nitriles is 1. The Morgan fingerprint density at radius 1 is 1.13 bits per heavy atom. The van der Waals surface area contributed by atoms with Crippen LogP contribution in [0.15, 0.2) is 79.0 Å². The van der Waals surface area contributed by atoms with E-state index in [1.165, 1.54) is 0 Å². The molecule has 0 spiro atoms. The van der Waals surface area contributed by atoms with E-state index in [1.54, 1.807) is 84.4 Å². The molecule has 2 aromatic heterocycles. The van der Waals surface area contributed by atoms with Crippen LogP contribution in [0.3, 0.4) is 0 Å². The second-order valence-corrected chi connectivity index (χ2v) is 9.36. The lowest BCUT2D eigenvalue weighted by Crippen LogP contribution is -2.19. The molecule has 0 fully saturated rings. The van der Waals surface area contributed by atoms with Gasteiger partial charge in [0.15, 0.2) is 0 Å². The van der Waals surface area contributed by atoms with Crippen molar-refractivity contribution in [2.45, 2.75) is 19.6 Å². The second-order valence-electron chi connectivity index (χ2n) is 8.56. The minimum atomic E-state index is -2.66. The molecule has 196 valence electrons. The van der Waals surface area contributed by atoms with Crippen LogP contribution in [-0.2, 0) is 27.3 Å². The maximum absolute atomic E-state index is 12.4. The minimum absolute atomic E-state index is 0.173. The minimum Gasteiger partial charge on any atom is -0.755 e. The number of aliphatic hydroxyl groups excluding tert-OH is 1. The molecule has 0 saturated carbocycles. The summed E-state index contributed by atoms with van der Waals surface area (Å²) in [6, 6.07) is 22.0. The topological polar surface area (TPSA) is 144 Å². The molecule has 0 aliphatic heterocycles. The number of benzene rings is 3. The van der Waals surface area contributed by atoms with Crippen LogP contribution in [-0.4, -0.2) is 41.0 Å². The number of carbonyl (C=O) groups is 1. The smallest absolute Gasteiger partial charge is 0.326 e. The van der Waals surface area contributed by atoms with Crippen LogP contribution >= 0.6 is 0 Å². The van der Waals surface area contributed by atoms with Crippen molar-refractivity contribution in [2.75, 3.05) is 10.9 Å². The van der Waals surface area contributed by atoms with Crippen LogP contribution in [0.1, 0.15) is 30.0 Å². The first-order chi connectivity index (χ1) is 18.9. The number of fused-ring (bicyclic) bond motifs is 2. The second kappa shape index (κ2) is 11.0. The summed E-state index contributed by atoms with van der Waals surface area (Å²) in [5.74, 6) is -0.340. The van der Waals surface area contributed by atoms with E-state index >= 15 is 0 Å². The van der Waals surface area contributed by atoms with Crippen molar-refractivity contribution in [2.24, 2.45) is 0 Å². The number of imidazole rings is 1. The van der Waals surface area contributed by atoms with Crippen LogP contribution in [0, 0.1) is 11.3 Å². The molecule has 2 heterocycles. The van der Waals surface area contributed by atoms with E-state index in [0.29, 0.717) is 33.5 Å². The molecule has 0 aliphatic rings. The molecule has 0 radical (unpaired) electrons. The van der Waals surface area contributed by atoms with Gasteiger partial charge in [0, 0.05) is 11.6 Å². The Morgan fingerprint density at radius 2 is 1.87 bits per heavy atom. The predicted octanol–water partition coefficient (Wildman–Crippen LogP) is 4.03. The first-order valence-corrected chi connectivity index (χ1v) is 13.0. The molecule has 10 nitrogen and oxygen atoms in total. The van der Waals surface area contributed by atoms with Crippen molar-refractivity contribution in [3.8, 4) is 6.07 Å². The molecule has 2 unspecified atom stereocenters. The Morgan fingerprint density at radius 3 is 2.59 bits per heavy atom. The van der Waals surface area contributed by atoms with Crippen molar-refractivity contribution in [3.05, 3.63) is 95.9 Å². The van der Waals surface area contributed by atoms with E-state index in [1.807, 2.05) is 12.1 Å². The molecule has 1 N–H and O–H groups in total. The molecule has 5 rings (SSSR count). The molecule has 39 heavy (non-hydrogen) atoms. The Hall–Kier alpha value is -4.63. The molecule has 0 aliphatic carbocycles. The molecule has 5 aromatic rings. The zero-order valence-electron chi connectivity index (χ0n) is 20.7. The van der Waals surface area contributed by atoms with Gasteiger partial charge in [-0.1, -0.05) is 18.2 Å². The van der Waals surface area contributed by atoms with Gasteiger partial charge in [0.2, 0.25) is 0 Å². The SMILES string of the molecule is CCOC(=O)Cn1c(C(O)c2ccc(C#N)cc2)nc2cc(N(c3ccc4ncccc4c3)S(=O)[O-])ccc21. The van der Waals surface area contributed by atoms with Gasteiger partial charge in [0.05, 0.1) is 57.4 Å². The number of ether oxygens (including phenoxy) is 1. The summed E-state index contributed by atoms with van der Waals surface area (Å²) in [4.78, 5) is 21.3. The van der Waals surface area contributed by atoms with E-state index in [4.69, 9.17) is 10.00 Å². The lowest BCUT2D eigenvalue weighted by Gasteiger charge is -2.26. The highest BCUT2D eigenvalue weighted by Crippen LogP contribution is 2.33. The monoisotopic (exact) mass is 540 g/mol. The average molecular weight is 541 g/mol. The molecule has 0 amide bonds. The normalized spacial score (nSPS) is 12.7. The number of aromatic nitrogens is 3. The molecule has 11 heteroatoms. The van der Waals surface area contributed by atoms with Crippen molar-refractivity contribution >= 4 is 50.5 Å². The highest BCUT2D eigenvalue weighted by molar-refractivity contribution is 7.81. The van der Waals surface area contributed by atoms with Crippen LogP contribution in [0.25, 0.3) is 21.9 Å². The number of anilines is 2. The summed E-state index contributed by atoms with van der Waals surface area (Å²) in [5, 5.41) is 21.1. The van der Waals surface area contributed by atoms with Gasteiger partial charge in [0.25, 0.3) is 0 Å². The first-order valence-electron chi connectivity index (χ1n) is 12.0. The number of rotatable bonds is 8. The van der Waals surface area contributed by atoms with Gasteiger partial charge >= 0.3 is 5.97 Å². The largest absolute Gasteiger partial charge is 0.755 e. The Kier molecular flexibility index (Phi) is 7.33. The van der Waals surface area contributed by atoms with Gasteiger partial charge in [-0.15, -0.1) is 0 Å². The van der Waals surface area contributed by atoms with Gasteiger partial charge in [-0.2, -0.15) is 5.26 Å². The third-order valence-corrected chi connectivity index (χ3v) is 6.88. The fraction of sp³-hybridized carbons (Fsp3) is 0.143. The molecule has 0 saturated heterocycles. The van der Waals surface area contributed by atoms with Crippen LogP contribution < -0.4 is 4.31 Å². The van der Waals surface area contributed by atoms with Gasteiger partial charge < -0.3 is 19.0 Å². The fourth-order valence-corrected chi connectivity index (χ4v) is 4.94. The van der Waals surface area contributed by atoms with Crippen LogP contribution in [0.2, 0.25) is 0 Å². The van der Waals surface area contributed by atoms with E-state index in [2.05, 4.69) is 9.97 Å². The van der Waals surface area contributed by atoms with Gasteiger partial charge in [0.1, 0.15) is 18.5 Å². The summed E-state index contributed by atoms with van der Waals surface area (Å²) in [6.45, 7) is 1.68. The van der Waals surface area contributed by atoms with E-state index < -0.39 is 23.3 Å². The summed E-state index contributed by atoms with van der Waals surface area (Å²) < 4.78 is 32.5. The number of esters is 1. The number of pyridine rings is 1. The van der Waals surface area contributed by atoms with E-state index in [9.17, 15) is 18.7 Å². The lowest BCUT2D eigenvalue weighted by atomic mass is 10.1. The number of carbonyl (C=O) groups excluding carboxylic acids is 1. The Labute approximate surface area is 226 Å². The number of hydrogen-bond donors (Lipinski definition) is 1. The highest BCUT2D eigenvalue weighted by Gasteiger charge is 2.23. The van der Waals surface area contributed by atoms with Crippen molar-refractivity contribution in [1.29, 1.82) is 5.26 Å². The van der Waals surface area contributed by atoms with Gasteiger partial charge in [-0.3, -0.25) is 18.3 Å². The van der Waals surface area contributed by atoms with E-state index in [-0.39, 0.29) is 19.0 Å². The summed E-state index contributed by atoms with van der Waals surface area (Å²) in [5.41, 5.74) is 3.25. The molecule has 3 aromatic carbocycles. The van der Waals surface area contributed by atoms with Crippen molar-refractivity contribution in [3.63, 3.8) is 0 Å². The van der Waals surface area contributed by atoms with Gasteiger partial charge in [-0.05, 0) is 67.1 Å².